The Balaban J connectivity index is 1.93. The van der Waals surface area contributed by atoms with Crippen LogP contribution in [0.15, 0.2) is 35.0 Å². The summed E-state index contributed by atoms with van der Waals surface area (Å²) in [7, 11) is 0. The van der Waals surface area contributed by atoms with Crippen molar-refractivity contribution in [2.75, 3.05) is 0 Å². The van der Waals surface area contributed by atoms with Crippen LogP contribution in [0.2, 0.25) is 0 Å². The summed E-state index contributed by atoms with van der Waals surface area (Å²) in [6, 6.07) is 8.43. The molecule has 106 valence electrons. The second-order valence-corrected chi connectivity index (χ2v) is 6.16. The number of hydrogen-bond acceptors (Lipinski definition) is 3. The van der Waals surface area contributed by atoms with Gasteiger partial charge in [-0.3, -0.25) is 9.67 Å². The van der Waals surface area contributed by atoms with E-state index in [-0.39, 0.29) is 0 Å². The van der Waals surface area contributed by atoms with Gasteiger partial charge in [0, 0.05) is 23.5 Å². The summed E-state index contributed by atoms with van der Waals surface area (Å²) in [5.41, 5.74) is 7.09. The molecule has 0 fully saturated rings. The van der Waals surface area contributed by atoms with Crippen LogP contribution in [0.25, 0.3) is 22.5 Å². The maximum absolute atomic E-state index is 4.85. The number of rotatable bonds is 3. The molecule has 0 saturated carbocycles. The fourth-order valence-corrected chi connectivity index (χ4v) is 3.68. The Kier molecular flexibility index (Phi) is 3.11. The van der Waals surface area contributed by atoms with E-state index in [1.54, 1.807) is 11.3 Å². The van der Waals surface area contributed by atoms with Gasteiger partial charge in [0.2, 0.25) is 0 Å². The van der Waals surface area contributed by atoms with Crippen molar-refractivity contribution >= 4 is 11.3 Å². The van der Waals surface area contributed by atoms with Crippen molar-refractivity contribution in [3.8, 4) is 22.5 Å². The summed E-state index contributed by atoms with van der Waals surface area (Å²) in [5, 5.41) is 9.20. The first-order chi connectivity index (χ1) is 10.4. The zero-order valence-electron chi connectivity index (χ0n) is 12.0. The highest BCUT2D eigenvalue weighted by atomic mass is 32.1. The predicted molar refractivity (Wildman–Crippen MR) is 86.5 cm³/mol. The van der Waals surface area contributed by atoms with Gasteiger partial charge in [0.05, 0.1) is 5.69 Å². The number of fused-ring (bicyclic) bond motifs is 1. The molecule has 0 unspecified atom stereocenters. The van der Waals surface area contributed by atoms with E-state index in [2.05, 4.69) is 46.6 Å². The summed E-state index contributed by atoms with van der Waals surface area (Å²) in [6.07, 6.45) is 3.27. The molecule has 3 aromatic heterocycles. The van der Waals surface area contributed by atoms with Gasteiger partial charge in [-0.15, -0.1) is 0 Å². The van der Waals surface area contributed by atoms with Crippen LogP contribution >= 0.6 is 11.3 Å². The molecule has 3 nitrogen and oxygen atoms in total. The van der Waals surface area contributed by atoms with Crippen molar-refractivity contribution in [1.82, 2.24) is 14.8 Å². The molecule has 0 amide bonds. The lowest BCUT2D eigenvalue weighted by atomic mass is 10.0. The van der Waals surface area contributed by atoms with E-state index >= 15 is 0 Å². The molecule has 0 spiro atoms. The van der Waals surface area contributed by atoms with Crippen LogP contribution in [-0.4, -0.2) is 14.8 Å². The molecular weight excluding hydrogens is 278 g/mol. The molecule has 1 aliphatic heterocycles. The molecule has 4 heterocycles. The van der Waals surface area contributed by atoms with Gasteiger partial charge in [0.15, 0.2) is 0 Å². The van der Waals surface area contributed by atoms with Crippen LogP contribution < -0.4 is 0 Å². The van der Waals surface area contributed by atoms with Gasteiger partial charge in [0.25, 0.3) is 0 Å². The largest absolute Gasteiger partial charge is 0.268 e. The van der Waals surface area contributed by atoms with E-state index in [1.807, 2.05) is 0 Å². The van der Waals surface area contributed by atoms with Gasteiger partial charge in [-0.2, -0.15) is 16.4 Å². The zero-order valence-corrected chi connectivity index (χ0v) is 12.9. The van der Waals surface area contributed by atoms with Crippen molar-refractivity contribution in [3.05, 3.63) is 46.4 Å². The number of nitrogens with zero attached hydrogens (tertiary/aromatic N) is 3. The highest BCUT2D eigenvalue weighted by Crippen LogP contribution is 2.37. The summed E-state index contributed by atoms with van der Waals surface area (Å²) in [5.74, 6) is 0. The molecular formula is C17H17N3S. The van der Waals surface area contributed by atoms with Crippen LogP contribution in [0, 0.1) is 0 Å². The standard InChI is InChI=1S/C17H17N3S/c1-2-13-5-3-6-14(18-13)17-16(12-8-10-21-11-12)15-7-4-9-20(15)19-17/h3,5-6,8,10-11H,2,4,7,9H2,1H3. The first-order valence-electron chi connectivity index (χ1n) is 7.45. The molecule has 0 aromatic carbocycles. The van der Waals surface area contributed by atoms with Gasteiger partial charge in [0.1, 0.15) is 5.69 Å². The van der Waals surface area contributed by atoms with E-state index in [4.69, 9.17) is 10.1 Å². The van der Waals surface area contributed by atoms with Crippen LogP contribution in [0.1, 0.15) is 24.7 Å². The van der Waals surface area contributed by atoms with Crippen molar-refractivity contribution in [2.24, 2.45) is 0 Å². The molecule has 4 heteroatoms. The van der Waals surface area contributed by atoms with Gasteiger partial charge < -0.3 is 0 Å². The number of hydrogen-bond donors (Lipinski definition) is 0. The summed E-state index contributed by atoms with van der Waals surface area (Å²) in [4.78, 5) is 4.77. The molecule has 0 aliphatic carbocycles. The van der Waals surface area contributed by atoms with Crippen LogP contribution in [0.4, 0.5) is 0 Å². The Labute approximate surface area is 128 Å². The second-order valence-electron chi connectivity index (χ2n) is 5.38. The zero-order chi connectivity index (χ0) is 14.2. The molecule has 0 bridgehead atoms. The van der Waals surface area contributed by atoms with E-state index in [0.29, 0.717) is 0 Å². The van der Waals surface area contributed by atoms with Gasteiger partial charge >= 0.3 is 0 Å². The van der Waals surface area contributed by atoms with Crippen molar-refractivity contribution in [2.45, 2.75) is 32.7 Å². The number of aromatic nitrogens is 3. The highest BCUT2D eigenvalue weighted by molar-refractivity contribution is 7.08. The second kappa shape index (κ2) is 5.11. The van der Waals surface area contributed by atoms with Crippen molar-refractivity contribution < 1.29 is 0 Å². The van der Waals surface area contributed by atoms with Crippen molar-refractivity contribution in [1.29, 1.82) is 0 Å². The van der Waals surface area contributed by atoms with E-state index < -0.39 is 0 Å². The monoisotopic (exact) mass is 295 g/mol. The molecule has 0 saturated heterocycles. The Hall–Kier alpha value is -1.94. The van der Waals surface area contributed by atoms with Crippen LogP contribution in [0.5, 0.6) is 0 Å². The Morgan fingerprint density at radius 3 is 3.05 bits per heavy atom. The molecule has 0 radical (unpaired) electrons. The fraction of sp³-hybridized carbons (Fsp3) is 0.294. The lowest BCUT2D eigenvalue weighted by Gasteiger charge is -2.04. The van der Waals surface area contributed by atoms with Gasteiger partial charge in [-0.05, 0) is 53.8 Å². The molecule has 0 N–H and O–H groups in total. The first kappa shape index (κ1) is 12.8. The third-order valence-corrected chi connectivity index (χ3v) is 4.75. The van der Waals surface area contributed by atoms with E-state index in [9.17, 15) is 0 Å². The topological polar surface area (TPSA) is 30.7 Å². The van der Waals surface area contributed by atoms with Gasteiger partial charge in [-0.1, -0.05) is 13.0 Å². The third kappa shape index (κ3) is 2.10. The van der Waals surface area contributed by atoms with Gasteiger partial charge in [-0.25, -0.2) is 0 Å². The number of aryl methyl sites for hydroxylation is 2. The maximum Gasteiger partial charge on any atom is 0.119 e. The lowest BCUT2D eigenvalue weighted by Crippen LogP contribution is -1.95. The molecule has 3 aromatic rings. The Morgan fingerprint density at radius 1 is 1.29 bits per heavy atom. The summed E-state index contributed by atoms with van der Waals surface area (Å²) in [6.45, 7) is 3.17. The minimum absolute atomic E-state index is 0.954. The Bertz CT molecular complexity index is 771. The fourth-order valence-electron chi connectivity index (χ4n) is 3.03. The van der Waals surface area contributed by atoms with E-state index in [0.717, 1.165) is 36.5 Å². The van der Waals surface area contributed by atoms with E-state index in [1.165, 1.54) is 23.2 Å². The lowest BCUT2D eigenvalue weighted by molar-refractivity contribution is 0.658. The third-order valence-electron chi connectivity index (χ3n) is 4.06. The quantitative estimate of drug-likeness (QED) is 0.725. The molecule has 0 atom stereocenters. The normalized spacial score (nSPS) is 13.6. The minimum Gasteiger partial charge on any atom is -0.268 e. The molecule has 21 heavy (non-hydrogen) atoms. The first-order valence-corrected chi connectivity index (χ1v) is 8.39. The summed E-state index contributed by atoms with van der Waals surface area (Å²) < 4.78 is 2.17. The van der Waals surface area contributed by atoms with Crippen LogP contribution in [-0.2, 0) is 19.4 Å². The molecule has 4 rings (SSSR count). The highest BCUT2D eigenvalue weighted by Gasteiger charge is 2.24. The smallest absolute Gasteiger partial charge is 0.119 e. The average molecular weight is 295 g/mol. The predicted octanol–water partition coefficient (Wildman–Crippen LogP) is 4.18. The van der Waals surface area contributed by atoms with Crippen LogP contribution in [0.3, 0.4) is 0 Å². The SMILES string of the molecule is CCc1cccc(-c2nn3c(c2-c2ccsc2)CCC3)n1. The Morgan fingerprint density at radius 2 is 2.24 bits per heavy atom. The molecule has 1 aliphatic rings. The number of pyridine rings is 1. The maximum atomic E-state index is 4.85. The summed E-state index contributed by atoms with van der Waals surface area (Å²) >= 11 is 1.74. The minimum atomic E-state index is 0.954. The number of thiophene rings is 1. The average Bonchev–Trinajstić information content (AvgIpc) is 3.23. The van der Waals surface area contributed by atoms with Crippen molar-refractivity contribution in [3.63, 3.8) is 0 Å².